The number of carboxylic acid groups (broad SMARTS) is 1. The van der Waals surface area contributed by atoms with Crippen LogP contribution in [0.1, 0.15) is 20.7 Å². The van der Waals surface area contributed by atoms with Crippen molar-refractivity contribution in [3.8, 4) is 11.5 Å². The van der Waals surface area contributed by atoms with Crippen LogP contribution in [0.4, 0.5) is 0 Å². The molecule has 2 aromatic carbocycles. The van der Waals surface area contributed by atoms with Crippen molar-refractivity contribution in [2.45, 2.75) is 0 Å². The van der Waals surface area contributed by atoms with Crippen molar-refractivity contribution in [3.05, 3.63) is 59.7 Å². The van der Waals surface area contributed by atoms with Gasteiger partial charge in [-0.1, -0.05) is 6.07 Å². The van der Waals surface area contributed by atoms with Crippen LogP contribution in [0.3, 0.4) is 0 Å². The number of methoxy groups -OCH3 is 1. The molecule has 20 heavy (non-hydrogen) atoms. The van der Waals surface area contributed by atoms with Crippen LogP contribution in [0.5, 0.6) is 11.5 Å². The second-order valence-corrected chi connectivity index (χ2v) is 3.95. The summed E-state index contributed by atoms with van der Waals surface area (Å²) in [6.07, 6.45) is 0. The van der Waals surface area contributed by atoms with Crippen LogP contribution in [0.2, 0.25) is 0 Å². The Morgan fingerprint density at radius 2 is 1.65 bits per heavy atom. The van der Waals surface area contributed by atoms with Gasteiger partial charge in [-0.25, -0.2) is 9.59 Å². The Bertz CT molecular complexity index is 631. The number of benzene rings is 2. The number of carboxylic acids is 1. The van der Waals surface area contributed by atoms with Gasteiger partial charge in [0, 0.05) is 0 Å². The van der Waals surface area contributed by atoms with Crippen molar-refractivity contribution in [2.75, 3.05) is 7.11 Å². The Hall–Kier alpha value is -2.82. The third-order valence-electron chi connectivity index (χ3n) is 2.59. The molecule has 1 N–H and O–H groups in total. The van der Waals surface area contributed by atoms with Crippen molar-refractivity contribution in [1.29, 1.82) is 0 Å². The number of ether oxygens (including phenoxy) is 2. The lowest BCUT2D eigenvalue weighted by Gasteiger charge is -2.07. The summed E-state index contributed by atoms with van der Waals surface area (Å²) < 4.78 is 10.1. The molecule has 0 radical (unpaired) electrons. The van der Waals surface area contributed by atoms with Crippen LogP contribution in [0.15, 0.2) is 48.5 Å². The van der Waals surface area contributed by atoms with E-state index in [0.717, 1.165) is 0 Å². The van der Waals surface area contributed by atoms with E-state index in [4.69, 9.17) is 9.84 Å². The Kier molecular flexibility index (Phi) is 4.00. The minimum absolute atomic E-state index is 0.147. The average Bonchev–Trinajstić information content (AvgIpc) is 2.47. The smallest absolute Gasteiger partial charge is 0.337 e. The lowest BCUT2D eigenvalue weighted by Crippen LogP contribution is -2.00. The van der Waals surface area contributed by atoms with Gasteiger partial charge in [-0.3, -0.25) is 0 Å². The number of hydrogen-bond acceptors (Lipinski definition) is 4. The lowest BCUT2D eigenvalue weighted by molar-refractivity contribution is 0.0599. The molecule has 0 amide bonds. The summed E-state index contributed by atoms with van der Waals surface area (Å²) in [6.45, 7) is 0. The molecule has 0 unspecified atom stereocenters. The number of carbonyl (C=O) groups is 2. The maximum atomic E-state index is 11.3. The van der Waals surface area contributed by atoms with Crippen LogP contribution in [0, 0.1) is 0 Å². The first kappa shape index (κ1) is 13.6. The Morgan fingerprint density at radius 1 is 0.950 bits per heavy atom. The molecule has 0 aliphatic heterocycles. The van der Waals surface area contributed by atoms with Gasteiger partial charge in [-0.05, 0) is 42.5 Å². The first-order valence-electron chi connectivity index (χ1n) is 5.80. The minimum atomic E-state index is -1.02. The quantitative estimate of drug-likeness (QED) is 0.866. The van der Waals surface area contributed by atoms with Crippen LogP contribution < -0.4 is 4.74 Å². The highest BCUT2D eigenvalue weighted by Crippen LogP contribution is 2.22. The van der Waals surface area contributed by atoms with Gasteiger partial charge in [0.1, 0.15) is 11.5 Å². The van der Waals surface area contributed by atoms with Crippen LogP contribution in [-0.2, 0) is 4.74 Å². The van der Waals surface area contributed by atoms with E-state index in [1.807, 2.05) is 0 Å². The van der Waals surface area contributed by atoms with Crippen molar-refractivity contribution < 1.29 is 24.2 Å². The topological polar surface area (TPSA) is 72.8 Å². The largest absolute Gasteiger partial charge is 0.478 e. The fourth-order valence-corrected chi connectivity index (χ4v) is 1.61. The summed E-state index contributed by atoms with van der Waals surface area (Å²) in [5.74, 6) is -0.531. The molecule has 0 atom stereocenters. The minimum Gasteiger partial charge on any atom is -0.478 e. The number of esters is 1. The molecule has 0 fully saturated rings. The van der Waals surface area contributed by atoms with E-state index in [9.17, 15) is 9.59 Å². The second-order valence-electron chi connectivity index (χ2n) is 3.95. The summed E-state index contributed by atoms with van der Waals surface area (Å²) in [7, 11) is 1.31. The van der Waals surface area contributed by atoms with Gasteiger partial charge in [0.05, 0.1) is 18.2 Å². The van der Waals surface area contributed by atoms with Gasteiger partial charge in [0.2, 0.25) is 0 Å². The molecule has 2 aromatic rings. The van der Waals surface area contributed by atoms with E-state index in [1.165, 1.54) is 19.2 Å². The van der Waals surface area contributed by atoms with Crippen molar-refractivity contribution in [3.63, 3.8) is 0 Å². The Morgan fingerprint density at radius 3 is 2.25 bits per heavy atom. The standard InChI is InChI=1S/C15H12O5/c1-19-15(18)10-5-7-12(8-6-10)20-13-4-2-3-11(9-13)14(16)17/h2-9H,1H3,(H,16,17). The maximum Gasteiger partial charge on any atom is 0.337 e. The number of rotatable bonds is 4. The third-order valence-corrected chi connectivity index (χ3v) is 2.59. The first-order chi connectivity index (χ1) is 9.60. The summed E-state index contributed by atoms with van der Waals surface area (Å²) in [4.78, 5) is 22.1. The van der Waals surface area contributed by atoms with Crippen molar-refractivity contribution in [1.82, 2.24) is 0 Å². The normalized spacial score (nSPS) is 9.85. The van der Waals surface area contributed by atoms with Crippen molar-refractivity contribution >= 4 is 11.9 Å². The molecule has 0 aromatic heterocycles. The molecule has 0 saturated heterocycles. The maximum absolute atomic E-state index is 11.3. The predicted molar refractivity (Wildman–Crippen MR) is 71.3 cm³/mol. The van der Waals surface area contributed by atoms with Gasteiger partial charge in [-0.2, -0.15) is 0 Å². The molecular weight excluding hydrogens is 260 g/mol. The zero-order chi connectivity index (χ0) is 14.5. The lowest BCUT2D eigenvalue weighted by atomic mass is 10.2. The highest BCUT2D eigenvalue weighted by atomic mass is 16.5. The average molecular weight is 272 g/mol. The fourth-order valence-electron chi connectivity index (χ4n) is 1.61. The SMILES string of the molecule is COC(=O)c1ccc(Oc2cccc(C(=O)O)c2)cc1. The first-order valence-corrected chi connectivity index (χ1v) is 5.80. The number of carbonyl (C=O) groups excluding carboxylic acids is 1. The monoisotopic (exact) mass is 272 g/mol. The molecule has 5 heteroatoms. The van der Waals surface area contributed by atoms with Gasteiger partial charge in [0.15, 0.2) is 0 Å². The molecule has 0 bridgehead atoms. The second kappa shape index (κ2) is 5.88. The summed E-state index contributed by atoms with van der Waals surface area (Å²) in [5.41, 5.74) is 0.563. The summed E-state index contributed by atoms with van der Waals surface area (Å²) >= 11 is 0. The van der Waals surface area contributed by atoms with Crippen molar-refractivity contribution in [2.24, 2.45) is 0 Å². The molecule has 2 rings (SSSR count). The molecule has 5 nitrogen and oxygen atoms in total. The Labute approximate surface area is 115 Å². The van der Waals surface area contributed by atoms with Crippen LogP contribution >= 0.6 is 0 Å². The molecule has 0 spiro atoms. The van der Waals surface area contributed by atoms with E-state index >= 15 is 0 Å². The van der Waals surface area contributed by atoms with E-state index < -0.39 is 11.9 Å². The van der Waals surface area contributed by atoms with E-state index in [-0.39, 0.29) is 5.56 Å². The predicted octanol–water partition coefficient (Wildman–Crippen LogP) is 2.96. The van der Waals surface area contributed by atoms with Gasteiger partial charge in [-0.15, -0.1) is 0 Å². The molecule has 102 valence electrons. The zero-order valence-corrected chi connectivity index (χ0v) is 10.7. The van der Waals surface area contributed by atoms with Gasteiger partial charge < -0.3 is 14.6 Å². The van der Waals surface area contributed by atoms with Gasteiger partial charge >= 0.3 is 11.9 Å². The Balaban J connectivity index is 2.16. The number of hydrogen-bond donors (Lipinski definition) is 1. The third kappa shape index (κ3) is 3.14. The molecule has 0 heterocycles. The highest BCUT2D eigenvalue weighted by Gasteiger charge is 2.07. The number of aromatic carboxylic acids is 1. The van der Waals surface area contributed by atoms with Gasteiger partial charge in [0.25, 0.3) is 0 Å². The molecular formula is C15H12O5. The molecule has 0 saturated carbocycles. The van der Waals surface area contributed by atoms with E-state index in [0.29, 0.717) is 17.1 Å². The van der Waals surface area contributed by atoms with E-state index in [2.05, 4.69) is 4.74 Å². The molecule has 0 aliphatic rings. The highest BCUT2D eigenvalue weighted by molar-refractivity contribution is 5.89. The zero-order valence-electron chi connectivity index (χ0n) is 10.7. The van der Waals surface area contributed by atoms with Crippen LogP contribution in [-0.4, -0.2) is 24.2 Å². The summed E-state index contributed by atoms with van der Waals surface area (Å²) in [6, 6.07) is 12.5. The fraction of sp³-hybridized carbons (Fsp3) is 0.0667. The van der Waals surface area contributed by atoms with Crippen LogP contribution in [0.25, 0.3) is 0 Å². The summed E-state index contributed by atoms with van der Waals surface area (Å²) in [5, 5.41) is 8.89. The van der Waals surface area contributed by atoms with E-state index in [1.54, 1.807) is 36.4 Å². The molecule has 0 aliphatic carbocycles.